The van der Waals surface area contributed by atoms with Gasteiger partial charge in [0.1, 0.15) is 17.3 Å². The fourth-order valence-electron chi connectivity index (χ4n) is 4.82. The predicted octanol–water partition coefficient (Wildman–Crippen LogP) is 5.80. The summed E-state index contributed by atoms with van der Waals surface area (Å²) in [7, 11) is 1.58. The lowest BCUT2D eigenvalue weighted by Crippen LogP contribution is -2.40. The van der Waals surface area contributed by atoms with Gasteiger partial charge in [-0.25, -0.2) is 4.99 Å². The van der Waals surface area contributed by atoms with E-state index in [1.165, 1.54) is 11.3 Å². The molecular weight excluding hydrogens is 558 g/mol. The monoisotopic (exact) mass is 581 g/mol. The quantitative estimate of drug-likeness (QED) is 0.275. The Morgan fingerprint density at radius 3 is 2.63 bits per heavy atom. The number of anilines is 1. The number of hydrogen-bond donors (Lipinski definition) is 1. The van der Waals surface area contributed by atoms with Crippen molar-refractivity contribution < 1.29 is 13.9 Å². The van der Waals surface area contributed by atoms with Crippen LogP contribution in [-0.2, 0) is 4.79 Å². The van der Waals surface area contributed by atoms with Crippen molar-refractivity contribution in [2.24, 2.45) is 4.99 Å². The van der Waals surface area contributed by atoms with E-state index in [1.54, 1.807) is 36.8 Å². The molecule has 0 radical (unpaired) electrons. The smallest absolute Gasteiger partial charge is 0.271 e. The lowest BCUT2D eigenvalue weighted by atomic mass is 9.95. The molecule has 2 aromatic heterocycles. The zero-order chi connectivity index (χ0) is 28.5. The highest BCUT2D eigenvalue weighted by atomic mass is 35.5. The zero-order valence-corrected chi connectivity index (χ0v) is 23.7. The number of para-hydroxylation sites is 1. The van der Waals surface area contributed by atoms with Crippen molar-refractivity contribution in [2.75, 3.05) is 12.4 Å². The first-order valence-corrected chi connectivity index (χ1v) is 14.0. The van der Waals surface area contributed by atoms with Gasteiger partial charge in [0.25, 0.3) is 11.5 Å². The molecule has 3 aromatic carbocycles. The summed E-state index contributed by atoms with van der Waals surface area (Å²) >= 11 is 7.39. The molecule has 204 valence electrons. The molecule has 1 N–H and O–H groups in total. The molecule has 3 heterocycles. The average molecular weight is 582 g/mol. The number of nitrogens with zero attached hydrogens (tertiary/aromatic N) is 2. The number of hydrogen-bond acceptors (Lipinski definition) is 6. The highest BCUT2D eigenvalue weighted by Crippen LogP contribution is 2.32. The fraction of sp³-hybridized carbons (Fsp3) is 0.0938. The number of fused-ring (bicyclic) bond motifs is 1. The molecule has 0 spiro atoms. The summed E-state index contributed by atoms with van der Waals surface area (Å²) in [6.45, 7) is 1.79. The molecule has 41 heavy (non-hydrogen) atoms. The summed E-state index contributed by atoms with van der Waals surface area (Å²) < 4.78 is 13.5. The van der Waals surface area contributed by atoms with Gasteiger partial charge in [-0.1, -0.05) is 65.4 Å². The Balaban J connectivity index is 1.46. The fourth-order valence-corrected chi connectivity index (χ4v) is 6.03. The standard InChI is InChI=1S/C32H24ClN3O4S/c1-19-28(30(37)35-23-11-4-3-5-12-23)29(21-9-7-13-24(17-21)39-2)36-31(38)27(41-32(36)34-19)18-25-14-15-26(40-25)20-8-6-10-22(33)16-20/h3-18,29H,1-2H3,(H,35,37)/b27-18-. The highest BCUT2D eigenvalue weighted by molar-refractivity contribution is 7.07. The molecule has 7 nitrogen and oxygen atoms in total. The molecule has 0 fully saturated rings. The molecule has 1 atom stereocenters. The second-order valence-corrected chi connectivity index (χ2v) is 10.8. The van der Waals surface area contributed by atoms with Gasteiger partial charge in [-0.05, 0) is 61.0 Å². The number of aromatic nitrogens is 1. The van der Waals surface area contributed by atoms with Crippen LogP contribution in [0.4, 0.5) is 5.69 Å². The lowest BCUT2D eigenvalue weighted by Gasteiger charge is -2.25. The Morgan fingerprint density at radius 1 is 1.05 bits per heavy atom. The number of carbonyl (C=O) groups is 1. The van der Waals surface area contributed by atoms with Crippen LogP contribution in [0.2, 0.25) is 5.02 Å². The average Bonchev–Trinajstić information content (AvgIpc) is 3.57. The van der Waals surface area contributed by atoms with E-state index in [4.69, 9.17) is 25.7 Å². The van der Waals surface area contributed by atoms with Crippen LogP contribution < -0.4 is 24.9 Å². The topological polar surface area (TPSA) is 85.8 Å². The molecule has 1 amide bonds. The van der Waals surface area contributed by atoms with Crippen LogP contribution in [-0.4, -0.2) is 17.6 Å². The normalized spacial score (nSPS) is 14.9. The summed E-state index contributed by atoms with van der Waals surface area (Å²) in [5.41, 5.74) is 2.84. The van der Waals surface area contributed by atoms with Gasteiger partial charge >= 0.3 is 0 Å². The molecule has 6 rings (SSSR count). The minimum atomic E-state index is -0.717. The van der Waals surface area contributed by atoms with Crippen LogP contribution in [0.5, 0.6) is 5.75 Å². The van der Waals surface area contributed by atoms with Crippen LogP contribution in [0.15, 0.2) is 116 Å². The van der Waals surface area contributed by atoms with Gasteiger partial charge in [0.2, 0.25) is 0 Å². The maximum absolute atomic E-state index is 13.9. The third-order valence-corrected chi connectivity index (χ3v) is 7.93. The van der Waals surface area contributed by atoms with Crippen LogP contribution >= 0.6 is 22.9 Å². The Morgan fingerprint density at radius 2 is 1.85 bits per heavy atom. The Labute approximate surface area is 244 Å². The van der Waals surface area contributed by atoms with E-state index in [2.05, 4.69) is 5.32 Å². The van der Waals surface area contributed by atoms with E-state index in [-0.39, 0.29) is 11.5 Å². The largest absolute Gasteiger partial charge is 0.497 e. The number of furan rings is 1. The molecule has 0 saturated heterocycles. The SMILES string of the molecule is COc1cccc(C2C(C(=O)Nc3ccccc3)=C(C)N=c3s/c(=C\c4ccc(-c5cccc(Cl)c5)o4)c(=O)n32)c1. The van der Waals surface area contributed by atoms with Crippen molar-refractivity contribution >= 4 is 40.6 Å². The zero-order valence-electron chi connectivity index (χ0n) is 22.1. The summed E-state index contributed by atoms with van der Waals surface area (Å²) in [5, 5.41) is 3.56. The van der Waals surface area contributed by atoms with Gasteiger partial charge in [-0.3, -0.25) is 14.2 Å². The van der Waals surface area contributed by atoms with Crippen LogP contribution in [0, 0.1) is 0 Å². The van der Waals surface area contributed by atoms with Gasteiger partial charge in [-0.15, -0.1) is 0 Å². The maximum Gasteiger partial charge on any atom is 0.271 e. The molecule has 0 saturated carbocycles. The number of benzene rings is 3. The number of carbonyl (C=O) groups excluding carboxylic acids is 1. The third-order valence-electron chi connectivity index (χ3n) is 6.72. The number of methoxy groups -OCH3 is 1. The van der Waals surface area contributed by atoms with E-state index < -0.39 is 6.04 Å². The van der Waals surface area contributed by atoms with E-state index in [0.29, 0.717) is 48.6 Å². The van der Waals surface area contributed by atoms with Crippen molar-refractivity contribution in [3.63, 3.8) is 0 Å². The molecule has 0 aliphatic carbocycles. The van der Waals surface area contributed by atoms with Gasteiger partial charge in [0.05, 0.1) is 29.0 Å². The first-order chi connectivity index (χ1) is 19.9. The van der Waals surface area contributed by atoms with Gasteiger partial charge in [0.15, 0.2) is 4.80 Å². The summed E-state index contributed by atoms with van der Waals surface area (Å²) in [6, 6.07) is 26.9. The number of ether oxygens (including phenoxy) is 1. The van der Waals surface area contributed by atoms with E-state index in [9.17, 15) is 9.59 Å². The summed E-state index contributed by atoms with van der Waals surface area (Å²) in [5.74, 6) is 1.43. The van der Waals surface area contributed by atoms with Crippen molar-refractivity contribution in [2.45, 2.75) is 13.0 Å². The van der Waals surface area contributed by atoms with Gasteiger partial charge in [0, 0.05) is 22.3 Å². The minimum Gasteiger partial charge on any atom is -0.497 e. The highest BCUT2D eigenvalue weighted by Gasteiger charge is 2.32. The number of nitrogens with one attached hydrogen (secondary N) is 1. The molecule has 1 aliphatic rings. The van der Waals surface area contributed by atoms with E-state index in [1.807, 2.05) is 78.9 Å². The first kappa shape index (κ1) is 26.6. The van der Waals surface area contributed by atoms with Gasteiger partial charge < -0.3 is 14.5 Å². The minimum absolute atomic E-state index is 0.278. The molecule has 0 bridgehead atoms. The number of amides is 1. The maximum atomic E-state index is 13.9. The molecule has 9 heteroatoms. The number of thiazole rings is 1. The van der Waals surface area contributed by atoms with E-state index in [0.717, 1.165) is 11.1 Å². The van der Waals surface area contributed by atoms with E-state index >= 15 is 0 Å². The third kappa shape index (κ3) is 5.27. The predicted molar refractivity (Wildman–Crippen MR) is 161 cm³/mol. The van der Waals surface area contributed by atoms with Crippen molar-refractivity contribution in [1.82, 2.24) is 4.57 Å². The molecule has 5 aromatic rings. The molecule has 1 unspecified atom stereocenters. The molecule has 1 aliphatic heterocycles. The van der Waals surface area contributed by atoms with Crippen LogP contribution in [0.25, 0.3) is 17.4 Å². The van der Waals surface area contributed by atoms with Crippen LogP contribution in [0.3, 0.4) is 0 Å². The summed E-state index contributed by atoms with van der Waals surface area (Å²) in [4.78, 5) is 32.8. The van der Waals surface area contributed by atoms with Crippen molar-refractivity contribution in [3.05, 3.63) is 138 Å². The Bertz CT molecular complexity index is 1990. The Kier molecular flexibility index (Phi) is 7.17. The number of allylic oxidation sites excluding steroid dienone is 1. The number of halogens is 1. The van der Waals surface area contributed by atoms with Gasteiger partial charge in [-0.2, -0.15) is 0 Å². The number of rotatable bonds is 6. The second-order valence-electron chi connectivity index (χ2n) is 9.39. The van der Waals surface area contributed by atoms with Crippen molar-refractivity contribution in [3.8, 4) is 17.1 Å². The lowest BCUT2D eigenvalue weighted by molar-refractivity contribution is -0.113. The molecular formula is C32H24ClN3O4S. The summed E-state index contributed by atoms with van der Waals surface area (Å²) in [6.07, 6.45) is 1.70. The van der Waals surface area contributed by atoms with Crippen molar-refractivity contribution in [1.29, 1.82) is 0 Å². The first-order valence-electron chi connectivity index (χ1n) is 12.8. The van der Waals surface area contributed by atoms with Crippen LogP contribution in [0.1, 0.15) is 24.3 Å². The Hall–Kier alpha value is -4.66. The second kappa shape index (κ2) is 11.1.